The van der Waals surface area contributed by atoms with E-state index in [4.69, 9.17) is 4.99 Å². The lowest BCUT2D eigenvalue weighted by Crippen LogP contribution is -2.41. The maximum atomic E-state index is 5.01. The Kier molecular flexibility index (Phi) is 7.58. The molecule has 138 valence electrons. The summed E-state index contributed by atoms with van der Waals surface area (Å²) in [5, 5.41) is 3.55. The van der Waals surface area contributed by atoms with Crippen molar-refractivity contribution in [2.24, 2.45) is 16.8 Å². The maximum Gasteiger partial charge on any atom is 0.193 e. The van der Waals surface area contributed by atoms with Gasteiger partial charge < -0.3 is 15.1 Å². The summed E-state index contributed by atoms with van der Waals surface area (Å²) < 4.78 is 0. The van der Waals surface area contributed by atoms with Crippen LogP contribution in [0.3, 0.4) is 0 Å². The predicted molar refractivity (Wildman–Crippen MR) is 106 cm³/mol. The van der Waals surface area contributed by atoms with E-state index < -0.39 is 0 Å². The Balaban J connectivity index is 1.48. The van der Waals surface area contributed by atoms with Crippen molar-refractivity contribution in [3.63, 3.8) is 0 Å². The molecule has 1 unspecified atom stereocenters. The van der Waals surface area contributed by atoms with Gasteiger partial charge in [0.05, 0.1) is 0 Å². The average molecular weight is 353 g/mol. The number of hydrogen-bond acceptors (Lipinski definition) is 3. The molecule has 3 heterocycles. The van der Waals surface area contributed by atoms with Crippen molar-refractivity contribution in [2.75, 3.05) is 57.3 Å². The zero-order valence-electron chi connectivity index (χ0n) is 15.5. The van der Waals surface area contributed by atoms with E-state index in [0.717, 1.165) is 24.9 Å². The highest BCUT2D eigenvalue weighted by molar-refractivity contribution is 7.99. The van der Waals surface area contributed by atoms with E-state index in [0.29, 0.717) is 0 Å². The molecule has 24 heavy (non-hydrogen) atoms. The van der Waals surface area contributed by atoms with Crippen molar-refractivity contribution >= 4 is 17.7 Å². The first-order chi connectivity index (χ1) is 11.8. The van der Waals surface area contributed by atoms with Crippen molar-refractivity contribution < 1.29 is 0 Å². The number of nitrogens with one attached hydrogen (secondary N) is 1. The molecule has 1 N–H and O–H groups in total. The van der Waals surface area contributed by atoms with Crippen LogP contribution >= 0.6 is 11.8 Å². The molecule has 0 aromatic carbocycles. The van der Waals surface area contributed by atoms with E-state index in [1.54, 1.807) is 0 Å². The molecule has 0 amide bonds. The van der Waals surface area contributed by atoms with Crippen LogP contribution in [-0.2, 0) is 0 Å². The van der Waals surface area contributed by atoms with E-state index >= 15 is 0 Å². The van der Waals surface area contributed by atoms with Crippen molar-refractivity contribution in [1.29, 1.82) is 0 Å². The van der Waals surface area contributed by atoms with Crippen LogP contribution in [0.15, 0.2) is 4.99 Å². The average Bonchev–Trinajstić information content (AvgIpc) is 3.09. The van der Waals surface area contributed by atoms with Gasteiger partial charge in [0, 0.05) is 32.7 Å². The van der Waals surface area contributed by atoms with Gasteiger partial charge in [0.25, 0.3) is 0 Å². The first kappa shape index (κ1) is 18.4. The minimum absolute atomic E-state index is 0.812. The molecule has 0 aromatic rings. The summed E-state index contributed by atoms with van der Waals surface area (Å²) in [5.74, 6) is 5.48. The SMILES string of the molecule is CCNC(=NCC1CCSCC1)N1CCC(CN2CCCCC2)C1. The standard InChI is InChI=1S/C19H36N4S/c1-2-20-19(21-14-17-7-12-24-13-8-17)23-11-6-18(16-23)15-22-9-4-3-5-10-22/h17-18H,2-16H2,1H3,(H,20,21). The number of likely N-dealkylation sites (tertiary alicyclic amines) is 2. The second-order valence-electron chi connectivity index (χ2n) is 7.71. The fraction of sp³-hybridized carbons (Fsp3) is 0.947. The molecule has 3 aliphatic heterocycles. The number of guanidine groups is 1. The Morgan fingerprint density at radius 1 is 1.04 bits per heavy atom. The number of rotatable bonds is 5. The molecule has 0 radical (unpaired) electrons. The number of aliphatic imine (C=N–C) groups is 1. The Hall–Kier alpha value is -0.420. The summed E-state index contributed by atoms with van der Waals surface area (Å²) in [4.78, 5) is 10.2. The minimum atomic E-state index is 0.812. The third-order valence-corrected chi connectivity index (χ3v) is 6.77. The molecule has 1 atom stereocenters. The van der Waals surface area contributed by atoms with Gasteiger partial charge in [-0.05, 0) is 75.5 Å². The Bertz CT molecular complexity index is 389. The van der Waals surface area contributed by atoms with Gasteiger partial charge in [0.15, 0.2) is 5.96 Å². The van der Waals surface area contributed by atoms with Gasteiger partial charge in [-0.2, -0.15) is 11.8 Å². The fourth-order valence-corrected chi connectivity index (χ4v) is 5.46. The Labute approximate surface area is 152 Å². The van der Waals surface area contributed by atoms with Gasteiger partial charge in [-0.25, -0.2) is 0 Å². The van der Waals surface area contributed by atoms with Crippen LogP contribution in [0.1, 0.15) is 45.4 Å². The summed E-state index contributed by atoms with van der Waals surface area (Å²) >= 11 is 2.11. The van der Waals surface area contributed by atoms with Crippen molar-refractivity contribution in [1.82, 2.24) is 15.1 Å². The molecule has 0 bridgehead atoms. The van der Waals surface area contributed by atoms with E-state index in [2.05, 4.69) is 33.8 Å². The number of nitrogens with zero attached hydrogens (tertiary/aromatic N) is 3. The maximum absolute atomic E-state index is 5.01. The smallest absolute Gasteiger partial charge is 0.193 e. The summed E-state index contributed by atoms with van der Waals surface area (Å²) in [6, 6.07) is 0. The second-order valence-corrected chi connectivity index (χ2v) is 8.94. The number of hydrogen-bond donors (Lipinski definition) is 1. The van der Waals surface area contributed by atoms with Gasteiger partial charge in [-0.15, -0.1) is 0 Å². The zero-order chi connectivity index (χ0) is 16.6. The van der Waals surface area contributed by atoms with Gasteiger partial charge in [0.1, 0.15) is 0 Å². The van der Waals surface area contributed by atoms with Crippen molar-refractivity contribution in [3.8, 4) is 0 Å². The van der Waals surface area contributed by atoms with Crippen LogP contribution < -0.4 is 5.32 Å². The van der Waals surface area contributed by atoms with Crippen LogP contribution in [0.2, 0.25) is 0 Å². The zero-order valence-corrected chi connectivity index (χ0v) is 16.3. The second kappa shape index (κ2) is 9.91. The van der Waals surface area contributed by atoms with Crippen LogP contribution in [0.4, 0.5) is 0 Å². The molecule has 0 saturated carbocycles. The lowest BCUT2D eigenvalue weighted by Gasteiger charge is -2.29. The van der Waals surface area contributed by atoms with Gasteiger partial charge in [0.2, 0.25) is 0 Å². The summed E-state index contributed by atoms with van der Waals surface area (Å²) in [5.41, 5.74) is 0. The molecular weight excluding hydrogens is 316 g/mol. The molecule has 5 heteroatoms. The van der Waals surface area contributed by atoms with E-state index in [1.807, 2.05) is 0 Å². The van der Waals surface area contributed by atoms with Gasteiger partial charge in [-0.3, -0.25) is 4.99 Å². The van der Waals surface area contributed by atoms with E-state index in [-0.39, 0.29) is 0 Å². The largest absolute Gasteiger partial charge is 0.357 e. The molecule has 0 spiro atoms. The highest BCUT2D eigenvalue weighted by atomic mass is 32.2. The van der Waals surface area contributed by atoms with Crippen LogP contribution in [0.25, 0.3) is 0 Å². The topological polar surface area (TPSA) is 30.9 Å². The lowest BCUT2D eigenvalue weighted by molar-refractivity contribution is 0.198. The lowest BCUT2D eigenvalue weighted by atomic mass is 10.0. The Morgan fingerprint density at radius 2 is 1.83 bits per heavy atom. The molecule has 3 fully saturated rings. The predicted octanol–water partition coefficient (Wildman–Crippen LogP) is 2.90. The first-order valence-corrected chi connectivity index (χ1v) is 11.3. The molecular formula is C19H36N4S. The van der Waals surface area contributed by atoms with Crippen molar-refractivity contribution in [3.05, 3.63) is 0 Å². The minimum Gasteiger partial charge on any atom is -0.357 e. The summed E-state index contributed by atoms with van der Waals surface area (Å²) in [6.07, 6.45) is 8.28. The molecule has 3 saturated heterocycles. The molecule has 3 aliphatic rings. The summed E-state index contributed by atoms with van der Waals surface area (Å²) in [6.45, 7) is 10.5. The molecule has 3 rings (SSSR count). The fourth-order valence-electron chi connectivity index (χ4n) is 4.25. The van der Waals surface area contributed by atoms with Gasteiger partial charge in [-0.1, -0.05) is 6.42 Å². The molecule has 0 aliphatic carbocycles. The van der Waals surface area contributed by atoms with Crippen molar-refractivity contribution in [2.45, 2.75) is 45.4 Å². The first-order valence-electron chi connectivity index (χ1n) is 10.2. The quantitative estimate of drug-likeness (QED) is 0.609. The molecule has 4 nitrogen and oxygen atoms in total. The monoisotopic (exact) mass is 352 g/mol. The highest BCUT2D eigenvalue weighted by Crippen LogP contribution is 2.23. The van der Waals surface area contributed by atoms with Crippen LogP contribution in [0.5, 0.6) is 0 Å². The number of thioether (sulfide) groups is 1. The third-order valence-electron chi connectivity index (χ3n) is 5.73. The van der Waals surface area contributed by atoms with E-state index in [9.17, 15) is 0 Å². The van der Waals surface area contributed by atoms with Crippen LogP contribution in [-0.4, -0.2) is 73.1 Å². The third kappa shape index (κ3) is 5.55. The van der Waals surface area contributed by atoms with Gasteiger partial charge >= 0.3 is 0 Å². The summed E-state index contributed by atoms with van der Waals surface area (Å²) in [7, 11) is 0. The molecule has 0 aromatic heterocycles. The Morgan fingerprint density at radius 3 is 2.58 bits per heavy atom. The van der Waals surface area contributed by atoms with Crippen LogP contribution in [0, 0.1) is 11.8 Å². The number of piperidine rings is 1. The normalized spacial score (nSPS) is 27.6. The highest BCUT2D eigenvalue weighted by Gasteiger charge is 2.27. The van der Waals surface area contributed by atoms with E-state index in [1.165, 1.54) is 88.7 Å².